The smallest absolute Gasteiger partial charge is 0.309 e. The highest BCUT2D eigenvalue weighted by Gasteiger charge is 2.44. The van der Waals surface area contributed by atoms with Gasteiger partial charge >= 0.3 is 5.97 Å². The maximum atomic E-state index is 12.8. The van der Waals surface area contributed by atoms with Gasteiger partial charge in [-0.15, -0.1) is 0 Å². The number of nitriles is 1. The Morgan fingerprint density at radius 2 is 1.74 bits per heavy atom. The van der Waals surface area contributed by atoms with E-state index in [2.05, 4.69) is 6.07 Å². The first-order valence-electron chi connectivity index (χ1n) is 10.3. The van der Waals surface area contributed by atoms with Crippen LogP contribution in [0.2, 0.25) is 0 Å². The Morgan fingerprint density at radius 3 is 2.30 bits per heavy atom. The van der Waals surface area contributed by atoms with E-state index < -0.39 is 11.6 Å². The van der Waals surface area contributed by atoms with E-state index in [1.165, 1.54) is 4.90 Å². The minimum atomic E-state index is -0.910. The molecular weight excluding hydrogens is 344 g/mol. The van der Waals surface area contributed by atoms with E-state index in [0.717, 1.165) is 38.5 Å². The predicted molar refractivity (Wildman–Crippen MR) is 98.3 cm³/mol. The summed E-state index contributed by atoms with van der Waals surface area (Å²) in [5.74, 6) is -0.719. The second-order valence-electron chi connectivity index (χ2n) is 8.58. The molecule has 3 aliphatic rings. The molecule has 0 N–H and O–H groups in total. The Bertz CT molecular complexity index is 631. The highest BCUT2D eigenvalue weighted by atomic mass is 16.5. The Hall–Kier alpha value is -1.90. The van der Waals surface area contributed by atoms with Crippen molar-refractivity contribution in [3.63, 3.8) is 0 Å². The molecule has 148 valence electrons. The normalized spacial score (nSPS) is 30.7. The number of carbonyl (C=O) groups is 3. The predicted octanol–water partition coefficient (Wildman–Crippen LogP) is 3.00. The molecule has 0 spiro atoms. The minimum absolute atomic E-state index is 0.0205. The van der Waals surface area contributed by atoms with Gasteiger partial charge in [0.15, 0.2) is 6.10 Å². The zero-order valence-corrected chi connectivity index (χ0v) is 16.4. The number of Topliss-reactive ketones (excluding diaryl/α,β-unsaturated/α-hetero) is 1. The number of rotatable bonds is 4. The fourth-order valence-electron chi connectivity index (χ4n) is 5.14. The van der Waals surface area contributed by atoms with Gasteiger partial charge in [0, 0.05) is 18.9 Å². The van der Waals surface area contributed by atoms with Crippen LogP contribution in [0.5, 0.6) is 0 Å². The summed E-state index contributed by atoms with van der Waals surface area (Å²) in [6.45, 7) is 1.58. The molecule has 0 radical (unpaired) electrons. The third-order valence-electron chi connectivity index (χ3n) is 6.88. The van der Waals surface area contributed by atoms with Crippen molar-refractivity contribution >= 4 is 17.7 Å². The Balaban J connectivity index is 1.60. The first kappa shape index (κ1) is 19.9. The lowest BCUT2D eigenvalue weighted by atomic mass is 9.67. The maximum absolute atomic E-state index is 12.8. The van der Waals surface area contributed by atoms with Gasteiger partial charge in [-0.2, -0.15) is 5.26 Å². The molecule has 1 amide bonds. The molecule has 0 heterocycles. The SMILES string of the molecule is C[C@H](OC(=O)C1C[C@H]2CCC[C@@H](C1)C2=O)C(=O)N(C)C1(C#N)CCCCC1. The molecule has 3 saturated carbocycles. The average molecular weight is 374 g/mol. The number of hydrogen-bond acceptors (Lipinski definition) is 5. The number of ether oxygens (including phenoxy) is 1. The van der Waals surface area contributed by atoms with E-state index in [1.807, 2.05) is 0 Å². The summed E-state index contributed by atoms with van der Waals surface area (Å²) in [5.41, 5.74) is -0.787. The summed E-state index contributed by atoms with van der Waals surface area (Å²) in [5, 5.41) is 9.66. The summed E-state index contributed by atoms with van der Waals surface area (Å²) in [7, 11) is 1.64. The molecule has 4 atom stereocenters. The number of carbonyl (C=O) groups excluding carboxylic acids is 3. The molecule has 0 saturated heterocycles. The first-order chi connectivity index (χ1) is 12.9. The average Bonchev–Trinajstić information content (AvgIpc) is 2.67. The van der Waals surface area contributed by atoms with Crippen molar-refractivity contribution in [2.45, 2.75) is 82.8 Å². The van der Waals surface area contributed by atoms with Crippen LogP contribution in [0.3, 0.4) is 0 Å². The lowest BCUT2D eigenvalue weighted by molar-refractivity contribution is -0.166. The summed E-state index contributed by atoms with van der Waals surface area (Å²) >= 11 is 0. The van der Waals surface area contributed by atoms with E-state index in [-0.39, 0.29) is 29.6 Å². The van der Waals surface area contributed by atoms with Crippen LogP contribution in [-0.4, -0.2) is 41.3 Å². The van der Waals surface area contributed by atoms with Gasteiger partial charge in [-0.3, -0.25) is 14.4 Å². The molecule has 27 heavy (non-hydrogen) atoms. The highest BCUT2D eigenvalue weighted by molar-refractivity contribution is 5.88. The van der Waals surface area contributed by atoms with E-state index in [9.17, 15) is 19.6 Å². The highest BCUT2D eigenvalue weighted by Crippen LogP contribution is 2.40. The van der Waals surface area contributed by atoms with E-state index in [0.29, 0.717) is 31.5 Å². The van der Waals surface area contributed by atoms with Crippen LogP contribution in [0.15, 0.2) is 0 Å². The van der Waals surface area contributed by atoms with Crippen LogP contribution in [0.25, 0.3) is 0 Å². The van der Waals surface area contributed by atoms with Gasteiger partial charge < -0.3 is 9.64 Å². The van der Waals surface area contributed by atoms with E-state index in [4.69, 9.17) is 4.74 Å². The molecular formula is C21H30N2O4. The Morgan fingerprint density at radius 1 is 1.15 bits per heavy atom. The quantitative estimate of drug-likeness (QED) is 0.706. The van der Waals surface area contributed by atoms with Gasteiger partial charge in [-0.25, -0.2) is 0 Å². The Kier molecular flexibility index (Phi) is 5.88. The monoisotopic (exact) mass is 374 g/mol. The van der Waals surface area contributed by atoms with Gasteiger partial charge in [-0.05, 0) is 45.4 Å². The number of ketones is 1. The second kappa shape index (κ2) is 8.00. The molecule has 3 fully saturated rings. The van der Waals surface area contributed by atoms with Crippen LogP contribution in [0.4, 0.5) is 0 Å². The third kappa shape index (κ3) is 3.88. The molecule has 0 aromatic rings. The molecule has 6 heteroatoms. The van der Waals surface area contributed by atoms with Crippen LogP contribution in [0, 0.1) is 29.1 Å². The van der Waals surface area contributed by atoms with Crippen molar-refractivity contribution in [1.29, 1.82) is 5.26 Å². The number of esters is 1. The van der Waals surface area contributed by atoms with Crippen LogP contribution >= 0.6 is 0 Å². The minimum Gasteiger partial charge on any atom is -0.452 e. The summed E-state index contributed by atoms with van der Waals surface area (Å²) < 4.78 is 5.50. The lowest BCUT2D eigenvalue weighted by Crippen LogP contribution is -2.53. The molecule has 2 bridgehead atoms. The maximum Gasteiger partial charge on any atom is 0.309 e. The summed E-state index contributed by atoms with van der Waals surface area (Å²) in [6, 6.07) is 2.33. The fourth-order valence-corrected chi connectivity index (χ4v) is 5.14. The van der Waals surface area contributed by atoms with Crippen LogP contribution in [-0.2, 0) is 19.1 Å². The van der Waals surface area contributed by atoms with Gasteiger partial charge in [0.2, 0.25) is 0 Å². The van der Waals surface area contributed by atoms with Gasteiger partial charge in [0.05, 0.1) is 12.0 Å². The summed E-state index contributed by atoms with van der Waals surface area (Å²) in [4.78, 5) is 39.1. The van der Waals surface area contributed by atoms with E-state index in [1.54, 1.807) is 14.0 Å². The third-order valence-corrected chi connectivity index (χ3v) is 6.88. The van der Waals surface area contributed by atoms with E-state index >= 15 is 0 Å². The molecule has 6 nitrogen and oxygen atoms in total. The summed E-state index contributed by atoms with van der Waals surface area (Å²) in [6.07, 6.45) is 7.24. The first-order valence-corrected chi connectivity index (χ1v) is 10.3. The molecule has 0 aromatic heterocycles. The number of likely N-dealkylation sites (N-methyl/N-ethyl adjacent to an activating group) is 1. The molecule has 3 rings (SSSR count). The van der Waals surface area contributed by atoms with Crippen LogP contribution < -0.4 is 0 Å². The van der Waals surface area contributed by atoms with Gasteiger partial charge in [-0.1, -0.05) is 25.7 Å². The molecule has 3 aliphatic carbocycles. The van der Waals surface area contributed by atoms with Gasteiger partial charge in [0.1, 0.15) is 11.3 Å². The van der Waals surface area contributed by atoms with Crippen molar-refractivity contribution < 1.29 is 19.1 Å². The standard InChI is InChI=1S/C21H30N2O4/c1-14(19(25)23(2)21(13-22)9-4-3-5-10-21)27-20(26)17-11-15-7-6-8-16(12-17)18(15)24/h14-17H,3-12H2,1-2H3/t14-,15-,16+,17?/m0/s1. The Labute approximate surface area is 161 Å². The topological polar surface area (TPSA) is 87.5 Å². The van der Waals surface area contributed by atoms with Crippen molar-refractivity contribution in [3.05, 3.63) is 0 Å². The van der Waals surface area contributed by atoms with Crippen molar-refractivity contribution in [2.24, 2.45) is 17.8 Å². The molecule has 1 unspecified atom stereocenters. The molecule has 0 aliphatic heterocycles. The number of nitrogens with zero attached hydrogens (tertiary/aromatic N) is 2. The van der Waals surface area contributed by atoms with Crippen LogP contribution in [0.1, 0.15) is 71.1 Å². The van der Waals surface area contributed by atoms with Gasteiger partial charge in [0.25, 0.3) is 5.91 Å². The second-order valence-corrected chi connectivity index (χ2v) is 8.58. The number of fused-ring (bicyclic) bond motifs is 2. The van der Waals surface area contributed by atoms with Crippen molar-refractivity contribution in [1.82, 2.24) is 4.90 Å². The zero-order chi connectivity index (χ0) is 19.6. The zero-order valence-electron chi connectivity index (χ0n) is 16.4. The molecule has 0 aromatic carbocycles. The largest absolute Gasteiger partial charge is 0.452 e. The number of hydrogen-bond donors (Lipinski definition) is 0. The lowest BCUT2D eigenvalue weighted by Gasteiger charge is -2.40. The fraction of sp³-hybridized carbons (Fsp3) is 0.810. The van der Waals surface area contributed by atoms with Crippen molar-refractivity contribution in [2.75, 3.05) is 7.05 Å². The van der Waals surface area contributed by atoms with Crippen molar-refractivity contribution in [3.8, 4) is 6.07 Å². The number of amides is 1.